The molecule has 0 saturated carbocycles. The van der Waals surface area contributed by atoms with Gasteiger partial charge in [0.1, 0.15) is 0 Å². The second kappa shape index (κ2) is 4.48. The molecule has 0 spiro atoms. The van der Waals surface area contributed by atoms with E-state index in [4.69, 9.17) is 0 Å². The second-order valence-corrected chi connectivity index (χ2v) is 5.84. The number of amides is 1. The SMILES string of the molecule is CC(NC(=O)c1ccc2[nH]ccc2c1)C(C)(C)C. The Hall–Kier alpha value is -1.77. The fourth-order valence-electron chi connectivity index (χ4n) is 1.69. The third kappa shape index (κ3) is 2.55. The molecule has 2 aromatic rings. The normalized spacial score (nSPS) is 13.6. The molecule has 1 amide bonds. The predicted octanol–water partition coefficient (Wildman–Crippen LogP) is 3.33. The van der Waals surface area contributed by atoms with E-state index < -0.39 is 0 Å². The van der Waals surface area contributed by atoms with Crippen LogP contribution in [0.4, 0.5) is 0 Å². The summed E-state index contributed by atoms with van der Waals surface area (Å²) in [5, 5.41) is 4.11. The lowest BCUT2D eigenvalue weighted by molar-refractivity contribution is 0.0910. The van der Waals surface area contributed by atoms with Crippen molar-refractivity contribution in [3.63, 3.8) is 0 Å². The number of hydrogen-bond acceptors (Lipinski definition) is 1. The molecule has 2 N–H and O–H groups in total. The molecule has 0 aliphatic carbocycles. The van der Waals surface area contributed by atoms with E-state index in [1.807, 2.05) is 37.4 Å². The number of nitrogens with one attached hydrogen (secondary N) is 2. The van der Waals surface area contributed by atoms with E-state index in [9.17, 15) is 4.79 Å². The van der Waals surface area contributed by atoms with Crippen LogP contribution in [0.15, 0.2) is 30.5 Å². The van der Waals surface area contributed by atoms with Gasteiger partial charge < -0.3 is 10.3 Å². The molecule has 18 heavy (non-hydrogen) atoms. The lowest BCUT2D eigenvalue weighted by Gasteiger charge is -2.28. The minimum Gasteiger partial charge on any atom is -0.361 e. The van der Waals surface area contributed by atoms with Crippen LogP contribution < -0.4 is 5.32 Å². The Morgan fingerprint density at radius 3 is 2.67 bits per heavy atom. The number of H-pyrrole nitrogens is 1. The Morgan fingerprint density at radius 2 is 2.00 bits per heavy atom. The van der Waals surface area contributed by atoms with Gasteiger partial charge in [-0.3, -0.25) is 4.79 Å². The van der Waals surface area contributed by atoms with E-state index in [-0.39, 0.29) is 17.4 Å². The lowest BCUT2D eigenvalue weighted by atomic mass is 9.88. The highest BCUT2D eigenvalue weighted by atomic mass is 16.1. The van der Waals surface area contributed by atoms with Crippen molar-refractivity contribution in [3.8, 4) is 0 Å². The van der Waals surface area contributed by atoms with Gasteiger partial charge in [-0.1, -0.05) is 20.8 Å². The number of carbonyl (C=O) groups excluding carboxylic acids is 1. The molecule has 3 nitrogen and oxygen atoms in total. The van der Waals surface area contributed by atoms with E-state index in [1.54, 1.807) is 0 Å². The minimum atomic E-state index is -0.0134. The van der Waals surface area contributed by atoms with Crippen molar-refractivity contribution in [1.29, 1.82) is 0 Å². The molecule has 2 rings (SSSR count). The summed E-state index contributed by atoms with van der Waals surface area (Å²) in [6, 6.07) is 7.80. The van der Waals surface area contributed by atoms with Gasteiger partial charge >= 0.3 is 0 Å². The highest BCUT2D eigenvalue weighted by Crippen LogP contribution is 2.19. The topological polar surface area (TPSA) is 44.9 Å². The summed E-state index contributed by atoms with van der Waals surface area (Å²) >= 11 is 0. The Morgan fingerprint density at radius 1 is 1.28 bits per heavy atom. The molecule has 1 aromatic heterocycles. The van der Waals surface area contributed by atoms with E-state index in [2.05, 4.69) is 31.1 Å². The molecule has 3 heteroatoms. The van der Waals surface area contributed by atoms with Crippen molar-refractivity contribution in [2.24, 2.45) is 5.41 Å². The Kier molecular flexibility index (Phi) is 3.16. The highest BCUT2D eigenvalue weighted by Gasteiger charge is 2.22. The van der Waals surface area contributed by atoms with Gasteiger partial charge in [-0.25, -0.2) is 0 Å². The van der Waals surface area contributed by atoms with Gasteiger partial charge in [-0.05, 0) is 36.6 Å². The third-order valence-corrected chi connectivity index (χ3v) is 3.46. The van der Waals surface area contributed by atoms with Crippen molar-refractivity contribution in [2.75, 3.05) is 0 Å². The van der Waals surface area contributed by atoms with Crippen LogP contribution in [0, 0.1) is 5.41 Å². The Labute approximate surface area is 108 Å². The molecule has 1 unspecified atom stereocenters. The maximum Gasteiger partial charge on any atom is 0.251 e. The number of benzene rings is 1. The maximum absolute atomic E-state index is 12.1. The Bertz CT molecular complexity index is 563. The van der Waals surface area contributed by atoms with Crippen molar-refractivity contribution in [3.05, 3.63) is 36.0 Å². The van der Waals surface area contributed by atoms with Crippen LogP contribution in [-0.4, -0.2) is 16.9 Å². The first-order valence-corrected chi connectivity index (χ1v) is 6.26. The van der Waals surface area contributed by atoms with Gasteiger partial charge in [0.05, 0.1) is 0 Å². The smallest absolute Gasteiger partial charge is 0.251 e. The van der Waals surface area contributed by atoms with Crippen LogP contribution in [0.25, 0.3) is 10.9 Å². The number of carbonyl (C=O) groups is 1. The number of aromatic nitrogens is 1. The van der Waals surface area contributed by atoms with Crippen molar-refractivity contribution < 1.29 is 4.79 Å². The summed E-state index contributed by atoms with van der Waals surface area (Å²) in [6.45, 7) is 8.39. The highest BCUT2D eigenvalue weighted by molar-refractivity contribution is 5.98. The van der Waals surface area contributed by atoms with Crippen LogP contribution in [0.5, 0.6) is 0 Å². The summed E-state index contributed by atoms with van der Waals surface area (Å²) in [4.78, 5) is 15.3. The average Bonchev–Trinajstić information content (AvgIpc) is 2.74. The summed E-state index contributed by atoms with van der Waals surface area (Å²) in [5.41, 5.74) is 1.82. The zero-order chi connectivity index (χ0) is 13.3. The number of hydrogen-bond donors (Lipinski definition) is 2. The molecule has 0 aliphatic rings. The first-order valence-electron chi connectivity index (χ1n) is 6.26. The summed E-state index contributed by atoms with van der Waals surface area (Å²) < 4.78 is 0. The molecular weight excluding hydrogens is 224 g/mol. The Balaban J connectivity index is 2.18. The van der Waals surface area contributed by atoms with E-state index >= 15 is 0 Å². The standard InChI is InChI=1S/C15H20N2O/c1-10(15(2,3)4)17-14(18)12-5-6-13-11(9-12)7-8-16-13/h5-10,16H,1-4H3,(H,17,18). The van der Waals surface area contributed by atoms with Crippen molar-refractivity contribution in [2.45, 2.75) is 33.7 Å². The van der Waals surface area contributed by atoms with E-state index in [0.717, 1.165) is 10.9 Å². The monoisotopic (exact) mass is 244 g/mol. The van der Waals surface area contributed by atoms with Crippen LogP contribution >= 0.6 is 0 Å². The number of rotatable bonds is 2. The molecule has 96 valence electrons. The fourth-order valence-corrected chi connectivity index (χ4v) is 1.69. The van der Waals surface area contributed by atoms with Crippen molar-refractivity contribution >= 4 is 16.8 Å². The third-order valence-electron chi connectivity index (χ3n) is 3.46. The van der Waals surface area contributed by atoms with Crippen LogP contribution in [-0.2, 0) is 0 Å². The average molecular weight is 244 g/mol. The molecule has 0 radical (unpaired) electrons. The van der Waals surface area contributed by atoms with E-state index in [0.29, 0.717) is 5.56 Å². The molecule has 1 atom stereocenters. The van der Waals surface area contributed by atoms with Gasteiger partial charge in [0.25, 0.3) is 5.91 Å². The summed E-state index contributed by atoms with van der Waals surface area (Å²) in [6.07, 6.45) is 1.88. The van der Waals surface area contributed by atoms with Gasteiger partial charge in [-0.15, -0.1) is 0 Å². The van der Waals surface area contributed by atoms with E-state index in [1.165, 1.54) is 0 Å². The van der Waals surface area contributed by atoms with Gasteiger partial charge in [0.15, 0.2) is 0 Å². The second-order valence-electron chi connectivity index (χ2n) is 5.84. The number of fused-ring (bicyclic) bond motifs is 1. The molecule has 1 heterocycles. The largest absolute Gasteiger partial charge is 0.361 e. The quantitative estimate of drug-likeness (QED) is 0.836. The molecule has 1 aromatic carbocycles. The first kappa shape index (κ1) is 12.7. The molecule has 0 aliphatic heterocycles. The fraction of sp³-hybridized carbons (Fsp3) is 0.400. The minimum absolute atomic E-state index is 0.0134. The van der Waals surface area contributed by atoms with Gasteiger partial charge in [0.2, 0.25) is 0 Å². The zero-order valence-electron chi connectivity index (χ0n) is 11.4. The van der Waals surface area contributed by atoms with Gasteiger partial charge in [-0.2, -0.15) is 0 Å². The van der Waals surface area contributed by atoms with Crippen LogP contribution in [0.1, 0.15) is 38.1 Å². The summed E-state index contributed by atoms with van der Waals surface area (Å²) in [7, 11) is 0. The zero-order valence-corrected chi connectivity index (χ0v) is 11.4. The van der Waals surface area contributed by atoms with Crippen LogP contribution in [0.3, 0.4) is 0 Å². The number of aromatic amines is 1. The molecule has 0 fully saturated rings. The van der Waals surface area contributed by atoms with Gasteiger partial charge in [0, 0.05) is 28.7 Å². The van der Waals surface area contributed by atoms with Crippen LogP contribution in [0.2, 0.25) is 0 Å². The maximum atomic E-state index is 12.1. The lowest BCUT2D eigenvalue weighted by Crippen LogP contribution is -2.41. The predicted molar refractivity (Wildman–Crippen MR) is 74.7 cm³/mol. The molecular formula is C15H20N2O. The molecule has 0 bridgehead atoms. The molecule has 0 saturated heterocycles. The van der Waals surface area contributed by atoms with Crippen molar-refractivity contribution in [1.82, 2.24) is 10.3 Å². The summed E-state index contributed by atoms with van der Waals surface area (Å²) in [5.74, 6) is -0.0134. The first-order chi connectivity index (χ1) is 8.38.